The molecule has 1 aliphatic carbocycles. The summed E-state index contributed by atoms with van der Waals surface area (Å²) in [5.74, 6) is 0. The minimum Gasteiger partial charge on any atom is -0.342 e. The highest BCUT2D eigenvalue weighted by Crippen LogP contribution is 2.58. The van der Waals surface area contributed by atoms with E-state index < -0.39 is 0 Å². The summed E-state index contributed by atoms with van der Waals surface area (Å²) in [5.41, 5.74) is 1.09. The normalized spacial score (nSPS) is 47.6. The Balaban J connectivity index is 2.44. The first-order valence-corrected chi connectivity index (χ1v) is 5.03. The number of ether oxygens (including phenoxy) is 1. The average Bonchev–Trinajstić information content (AvgIpc) is 2.33. The Morgan fingerprint density at radius 1 is 1.45 bits per heavy atom. The van der Waals surface area contributed by atoms with E-state index in [0.29, 0.717) is 0 Å². The van der Waals surface area contributed by atoms with E-state index in [9.17, 15) is 0 Å². The van der Waals surface area contributed by atoms with Crippen molar-refractivity contribution in [3.05, 3.63) is 22.2 Å². The molecule has 0 spiro atoms. The van der Waals surface area contributed by atoms with Gasteiger partial charge in [0.05, 0.1) is 0 Å². The average molecular weight is 280 g/mol. The first-order chi connectivity index (χ1) is 4.97. The summed E-state index contributed by atoms with van der Waals surface area (Å²) in [6, 6.07) is 0. The number of halogens is 2. The number of fused-ring (bicyclic) bond motifs is 1. The Morgan fingerprint density at radius 2 is 2.09 bits per heavy atom. The van der Waals surface area contributed by atoms with Gasteiger partial charge < -0.3 is 4.74 Å². The summed E-state index contributed by atoms with van der Waals surface area (Å²) in [6.45, 7) is 4.12. The van der Waals surface area contributed by atoms with Gasteiger partial charge in [0.2, 0.25) is 0 Å². The number of allylic oxidation sites excluding steroid dienone is 2. The molecule has 0 aromatic rings. The van der Waals surface area contributed by atoms with Gasteiger partial charge in [-0.25, -0.2) is 0 Å². The Morgan fingerprint density at radius 3 is 2.64 bits per heavy atom. The van der Waals surface area contributed by atoms with Crippen LogP contribution < -0.4 is 0 Å². The van der Waals surface area contributed by atoms with Gasteiger partial charge >= 0.3 is 0 Å². The Labute approximate surface area is 82.8 Å². The van der Waals surface area contributed by atoms with E-state index in [2.05, 4.69) is 57.9 Å². The van der Waals surface area contributed by atoms with Gasteiger partial charge in [-0.1, -0.05) is 15.9 Å². The van der Waals surface area contributed by atoms with E-state index in [0.717, 1.165) is 4.48 Å². The van der Waals surface area contributed by atoms with Gasteiger partial charge in [0.15, 0.2) is 4.51 Å². The van der Waals surface area contributed by atoms with Crippen molar-refractivity contribution >= 4 is 31.9 Å². The molecule has 0 amide bonds. The molecular weight excluding hydrogens is 272 g/mol. The summed E-state index contributed by atoms with van der Waals surface area (Å²) in [4.78, 5) is 0. The lowest BCUT2D eigenvalue weighted by atomic mass is 9.99. The van der Waals surface area contributed by atoms with Crippen LogP contribution in [0.5, 0.6) is 0 Å². The monoisotopic (exact) mass is 278 g/mol. The van der Waals surface area contributed by atoms with Gasteiger partial charge in [-0.3, -0.25) is 0 Å². The lowest BCUT2D eigenvalue weighted by Crippen LogP contribution is -2.15. The molecule has 2 aliphatic rings. The van der Waals surface area contributed by atoms with E-state index in [-0.39, 0.29) is 10.1 Å². The van der Waals surface area contributed by atoms with Crippen LogP contribution >= 0.6 is 31.9 Å². The molecule has 0 N–H and O–H groups in total. The van der Waals surface area contributed by atoms with Crippen LogP contribution in [0, 0.1) is 0 Å². The third-order valence-electron chi connectivity index (χ3n) is 2.18. The number of rotatable bonds is 0. The number of alkyl halides is 1. The van der Waals surface area contributed by atoms with Crippen LogP contribution in [0.25, 0.3) is 0 Å². The van der Waals surface area contributed by atoms with Crippen LogP contribution in [0.4, 0.5) is 0 Å². The maximum Gasteiger partial charge on any atom is 0.175 e. The van der Waals surface area contributed by atoms with Crippen molar-refractivity contribution in [1.82, 2.24) is 0 Å². The number of hydrogen-bond donors (Lipinski definition) is 0. The van der Waals surface area contributed by atoms with Crippen molar-refractivity contribution in [2.24, 2.45) is 0 Å². The molecule has 2 rings (SSSR count). The van der Waals surface area contributed by atoms with Crippen LogP contribution in [-0.2, 0) is 4.74 Å². The predicted octanol–water partition coefficient (Wildman–Crippen LogP) is 3.11. The van der Waals surface area contributed by atoms with E-state index in [1.54, 1.807) is 0 Å². The quantitative estimate of drug-likeness (QED) is 0.490. The zero-order chi connectivity index (χ0) is 8.28. The largest absolute Gasteiger partial charge is 0.342 e. The highest BCUT2D eigenvalue weighted by atomic mass is 79.9. The predicted molar refractivity (Wildman–Crippen MR) is 51.9 cm³/mol. The highest BCUT2D eigenvalue weighted by molar-refractivity contribution is 9.12. The van der Waals surface area contributed by atoms with Crippen LogP contribution in [0.1, 0.15) is 13.8 Å². The Hall–Kier alpha value is 0.400. The van der Waals surface area contributed by atoms with Gasteiger partial charge in [0.25, 0.3) is 0 Å². The minimum atomic E-state index is -0.221. The minimum absolute atomic E-state index is 0.134. The summed E-state index contributed by atoms with van der Waals surface area (Å²) >= 11 is 7.00. The SMILES string of the molecule is CC1=CC2(Br)OC2(C)C=C1Br. The summed E-state index contributed by atoms with van der Waals surface area (Å²) in [5, 5.41) is 0. The third-order valence-corrected chi connectivity index (χ3v) is 4.21. The van der Waals surface area contributed by atoms with Crippen molar-refractivity contribution in [3.8, 4) is 0 Å². The van der Waals surface area contributed by atoms with Gasteiger partial charge in [0, 0.05) is 4.48 Å². The highest BCUT2D eigenvalue weighted by Gasteiger charge is 2.64. The number of epoxide rings is 1. The standard InChI is InChI=1S/C8H8Br2O/c1-5-3-8(10)7(2,11-8)4-6(5)9/h3-4H,1-2H3. The van der Waals surface area contributed by atoms with Crippen molar-refractivity contribution in [2.45, 2.75) is 24.0 Å². The molecule has 1 heterocycles. The fourth-order valence-corrected chi connectivity index (χ4v) is 2.63. The molecule has 1 nitrogen and oxygen atoms in total. The van der Waals surface area contributed by atoms with E-state index >= 15 is 0 Å². The van der Waals surface area contributed by atoms with Crippen LogP contribution in [0.3, 0.4) is 0 Å². The molecule has 0 aromatic carbocycles. The van der Waals surface area contributed by atoms with Gasteiger partial charge in [0.1, 0.15) is 5.60 Å². The Kier molecular flexibility index (Phi) is 1.46. The fraction of sp³-hybridized carbons (Fsp3) is 0.500. The van der Waals surface area contributed by atoms with Crippen molar-refractivity contribution in [3.63, 3.8) is 0 Å². The van der Waals surface area contributed by atoms with Crippen LogP contribution in [0.2, 0.25) is 0 Å². The summed E-state index contributed by atoms with van der Waals surface area (Å²) < 4.78 is 6.44. The molecule has 0 aromatic heterocycles. The van der Waals surface area contributed by atoms with E-state index in [4.69, 9.17) is 4.74 Å². The fourth-order valence-electron chi connectivity index (χ4n) is 1.29. The molecule has 1 fully saturated rings. The molecule has 2 unspecified atom stereocenters. The molecule has 2 atom stereocenters. The third kappa shape index (κ3) is 0.977. The molecule has 60 valence electrons. The molecule has 1 saturated heterocycles. The van der Waals surface area contributed by atoms with Gasteiger partial charge in [-0.2, -0.15) is 0 Å². The van der Waals surface area contributed by atoms with E-state index in [1.807, 2.05) is 0 Å². The second-order valence-corrected chi connectivity index (χ2v) is 5.21. The lowest BCUT2D eigenvalue weighted by Gasteiger charge is -2.11. The van der Waals surface area contributed by atoms with Crippen molar-refractivity contribution in [1.29, 1.82) is 0 Å². The molecule has 0 radical (unpaired) electrons. The first kappa shape index (κ1) is 8.02. The van der Waals surface area contributed by atoms with E-state index in [1.165, 1.54) is 5.57 Å². The van der Waals surface area contributed by atoms with Gasteiger partial charge in [-0.05, 0) is 47.5 Å². The maximum absolute atomic E-state index is 5.53. The molecule has 1 aliphatic heterocycles. The second-order valence-electron chi connectivity index (χ2n) is 3.17. The van der Waals surface area contributed by atoms with Crippen LogP contribution in [-0.4, -0.2) is 10.1 Å². The molecule has 3 heteroatoms. The lowest BCUT2D eigenvalue weighted by molar-refractivity contribution is 0.351. The number of hydrogen-bond acceptors (Lipinski definition) is 1. The van der Waals surface area contributed by atoms with Crippen molar-refractivity contribution in [2.75, 3.05) is 0 Å². The maximum atomic E-state index is 5.53. The molecule has 0 bridgehead atoms. The second kappa shape index (κ2) is 2.01. The van der Waals surface area contributed by atoms with Crippen molar-refractivity contribution < 1.29 is 4.74 Å². The zero-order valence-corrected chi connectivity index (χ0v) is 9.49. The van der Waals surface area contributed by atoms with Gasteiger partial charge in [-0.15, -0.1) is 0 Å². The smallest absolute Gasteiger partial charge is 0.175 e. The molecule has 11 heavy (non-hydrogen) atoms. The molecular formula is C8H8Br2O. The first-order valence-electron chi connectivity index (χ1n) is 3.44. The van der Waals surface area contributed by atoms with Crippen LogP contribution in [0.15, 0.2) is 22.2 Å². The summed E-state index contributed by atoms with van der Waals surface area (Å²) in [7, 11) is 0. The topological polar surface area (TPSA) is 12.5 Å². The zero-order valence-electron chi connectivity index (χ0n) is 6.32. The Bertz CT molecular complexity index is 254. The summed E-state index contributed by atoms with van der Waals surface area (Å²) in [6.07, 6.45) is 4.19. The molecule has 0 saturated carbocycles.